The Balaban J connectivity index is 1.86. The predicted molar refractivity (Wildman–Crippen MR) is 62.9 cm³/mol. The van der Waals surface area contributed by atoms with E-state index in [9.17, 15) is 9.90 Å². The van der Waals surface area contributed by atoms with Gasteiger partial charge in [0, 0.05) is 12.0 Å². The van der Waals surface area contributed by atoms with Crippen LogP contribution in [0.15, 0.2) is 24.3 Å². The van der Waals surface area contributed by atoms with Gasteiger partial charge in [0.15, 0.2) is 6.23 Å². The number of fused-ring (bicyclic) bond motifs is 1. The van der Waals surface area contributed by atoms with Crippen molar-refractivity contribution in [2.24, 2.45) is 0 Å². The lowest BCUT2D eigenvalue weighted by molar-refractivity contribution is -0.140. The molecule has 0 aromatic heterocycles. The minimum atomic E-state index is -0.875. The zero-order valence-electron chi connectivity index (χ0n) is 10.1. The Hall–Kier alpha value is -1.59. The Morgan fingerprint density at radius 2 is 2.11 bits per heavy atom. The molecule has 2 aliphatic heterocycles. The number of hydrogen-bond acceptors (Lipinski definition) is 4. The third kappa shape index (κ3) is 1.67. The van der Waals surface area contributed by atoms with Gasteiger partial charge in [-0.1, -0.05) is 12.1 Å². The van der Waals surface area contributed by atoms with Crippen molar-refractivity contribution >= 4 is 5.91 Å². The molecule has 1 amide bonds. The van der Waals surface area contributed by atoms with Crippen LogP contribution in [0.25, 0.3) is 0 Å². The van der Waals surface area contributed by atoms with Gasteiger partial charge in [-0.05, 0) is 12.1 Å². The molecule has 0 bridgehead atoms. The summed E-state index contributed by atoms with van der Waals surface area (Å²) in [6.07, 6.45) is -0.795. The summed E-state index contributed by atoms with van der Waals surface area (Å²) in [6.45, 7) is 0.486. The minimum Gasteiger partial charge on any atom is -0.497 e. The third-order valence-corrected chi connectivity index (χ3v) is 3.53. The summed E-state index contributed by atoms with van der Waals surface area (Å²) >= 11 is 0. The molecule has 5 heteroatoms. The molecule has 1 N–H and O–H groups in total. The Labute approximate surface area is 105 Å². The zero-order chi connectivity index (χ0) is 12.7. The Kier molecular flexibility index (Phi) is 2.72. The second kappa shape index (κ2) is 4.26. The highest BCUT2D eigenvalue weighted by Crippen LogP contribution is 2.37. The number of methoxy groups -OCH3 is 1. The lowest BCUT2D eigenvalue weighted by atomic mass is 10.2. The number of nitrogens with zero attached hydrogens (tertiary/aromatic N) is 1. The summed E-state index contributed by atoms with van der Waals surface area (Å²) in [6, 6.07) is 7.43. The molecule has 5 nitrogen and oxygen atoms in total. The molecule has 3 atom stereocenters. The number of aliphatic hydroxyl groups excluding tert-OH is 1. The highest BCUT2D eigenvalue weighted by atomic mass is 16.5. The Bertz CT molecular complexity index is 459. The van der Waals surface area contributed by atoms with Crippen LogP contribution in [0.1, 0.15) is 18.2 Å². The summed E-state index contributed by atoms with van der Waals surface area (Å²) in [7, 11) is 1.61. The maximum atomic E-state index is 11.9. The van der Waals surface area contributed by atoms with Gasteiger partial charge in [0.25, 0.3) is 5.91 Å². The number of rotatable bonds is 2. The minimum absolute atomic E-state index is 0.000369. The van der Waals surface area contributed by atoms with Crippen LogP contribution in [0.4, 0.5) is 0 Å². The molecule has 2 fully saturated rings. The molecule has 0 spiro atoms. The second-order valence-corrected chi connectivity index (χ2v) is 4.61. The topological polar surface area (TPSA) is 59.0 Å². The largest absolute Gasteiger partial charge is 0.497 e. The van der Waals surface area contributed by atoms with Crippen molar-refractivity contribution in [3.05, 3.63) is 29.8 Å². The first-order valence-electron chi connectivity index (χ1n) is 5.96. The number of carbonyl (C=O) groups excluding carboxylic acids is 1. The van der Waals surface area contributed by atoms with Gasteiger partial charge in [0.1, 0.15) is 11.9 Å². The number of aliphatic hydroxyl groups is 1. The molecule has 0 radical (unpaired) electrons. The maximum absolute atomic E-state index is 11.9. The SMILES string of the molecule is COc1ccc([C@H]2OC[C@@H]3C[C@@H](O)C(=O)N32)cc1. The van der Waals surface area contributed by atoms with Crippen molar-refractivity contribution in [2.75, 3.05) is 13.7 Å². The van der Waals surface area contributed by atoms with Gasteiger partial charge < -0.3 is 19.5 Å². The van der Waals surface area contributed by atoms with E-state index >= 15 is 0 Å². The quantitative estimate of drug-likeness (QED) is 0.837. The fourth-order valence-electron chi connectivity index (χ4n) is 2.59. The summed E-state index contributed by atoms with van der Waals surface area (Å²) in [4.78, 5) is 13.5. The van der Waals surface area contributed by atoms with E-state index in [4.69, 9.17) is 9.47 Å². The van der Waals surface area contributed by atoms with Gasteiger partial charge in [-0.2, -0.15) is 0 Å². The van der Waals surface area contributed by atoms with Crippen LogP contribution in [0, 0.1) is 0 Å². The van der Waals surface area contributed by atoms with Crippen LogP contribution in [0.2, 0.25) is 0 Å². The number of carbonyl (C=O) groups is 1. The van der Waals surface area contributed by atoms with E-state index < -0.39 is 6.10 Å². The van der Waals surface area contributed by atoms with E-state index in [1.807, 2.05) is 24.3 Å². The summed E-state index contributed by atoms with van der Waals surface area (Å²) < 4.78 is 10.7. The van der Waals surface area contributed by atoms with Crippen molar-refractivity contribution in [2.45, 2.75) is 24.8 Å². The fraction of sp³-hybridized carbons (Fsp3) is 0.462. The first-order chi connectivity index (χ1) is 8.70. The van der Waals surface area contributed by atoms with E-state index in [1.54, 1.807) is 12.0 Å². The number of benzene rings is 1. The molecule has 1 aromatic carbocycles. The molecule has 0 saturated carbocycles. The van der Waals surface area contributed by atoms with E-state index in [0.717, 1.165) is 11.3 Å². The van der Waals surface area contributed by atoms with Gasteiger partial charge in [0.2, 0.25) is 0 Å². The van der Waals surface area contributed by atoms with Gasteiger partial charge >= 0.3 is 0 Å². The predicted octanol–water partition coefficient (Wildman–Crippen LogP) is 0.686. The van der Waals surface area contributed by atoms with E-state index in [-0.39, 0.29) is 18.2 Å². The van der Waals surface area contributed by atoms with Gasteiger partial charge in [-0.15, -0.1) is 0 Å². The van der Waals surface area contributed by atoms with Gasteiger partial charge in [0.05, 0.1) is 19.8 Å². The monoisotopic (exact) mass is 249 g/mol. The smallest absolute Gasteiger partial charge is 0.254 e. The molecule has 2 heterocycles. The third-order valence-electron chi connectivity index (χ3n) is 3.53. The van der Waals surface area contributed by atoms with Crippen molar-refractivity contribution in [3.63, 3.8) is 0 Å². The van der Waals surface area contributed by atoms with Crippen molar-refractivity contribution in [1.29, 1.82) is 0 Å². The van der Waals surface area contributed by atoms with Crippen molar-refractivity contribution < 1.29 is 19.4 Å². The van der Waals surface area contributed by atoms with Crippen LogP contribution in [-0.4, -0.2) is 41.8 Å². The van der Waals surface area contributed by atoms with E-state index in [0.29, 0.717) is 13.0 Å². The fourth-order valence-corrected chi connectivity index (χ4v) is 2.59. The van der Waals surface area contributed by atoms with Crippen LogP contribution in [-0.2, 0) is 9.53 Å². The summed E-state index contributed by atoms with van der Waals surface area (Å²) in [5.74, 6) is 0.527. The molecule has 0 unspecified atom stereocenters. The maximum Gasteiger partial charge on any atom is 0.254 e. The second-order valence-electron chi connectivity index (χ2n) is 4.61. The Morgan fingerprint density at radius 3 is 2.78 bits per heavy atom. The standard InChI is InChI=1S/C13H15NO4/c1-17-10-4-2-8(3-5-10)13-14-9(7-18-13)6-11(15)12(14)16/h2-5,9,11,13,15H,6-7H2,1H3/t9-,11+,13+/m0/s1. The number of ether oxygens (including phenoxy) is 2. The average Bonchev–Trinajstić information content (AvgIpc) is 2.92. The summed E-state index contributed by atoms with van der Waals surface area (Å²) in [5, 5.41) is 9.58. The van der Waals surface area contributed by atoms with E-state index in [2.05, 4.69) is 0 Å². The van der Waals surface area contributed by atoms with E-state index in [1.165, 1.54) is 0 Å². The highest BCUT2D eigenvalue weighted by Gasteiger charge is 2.47. The molecule has 96 valence electrons. The normalized spacial score (nSPS) is 30.7. The zero-order valence-corrected chi connectivity index (χ0v) is 10.1. The average molecular weight is 249 g/mol. The lowest BCUT2D eigenvalue weighted by Crippen LogP contribution is -2.33. The van der Waals surface area contributed by atoms with Gasteiger partial charge in [-0.3, -0.25) is 4.79 Å². The molecular formula is C13H15NO4. The molecule has 0 aliphatic carbocycles. The Morgan fingerprint density at radius 1 is 1.39 bits per heavy atom. The molecule has 3 rings (SSSR count). The first-order valence-corrected chi connectivity index (χ1v) is 5.96. The van der Waals surface area contributed by atoms with Crippen LogP contribution in [0.5, 0.6) is 5.75 Å². The molecule has 2 saturated heterocycles. The van der Waals surface area contributed by atoms with Crippen LogP contribution < -0.4 is 4.74 Å². The lowest BCUT2D eigenvalue weighted by Gasteiger charge is -2.22. The van der Waals surface area contributed by atoms with Gasteiger partial charge in [-0.25, -0.2) is 0 Å². The van der Waals surface area contributed by atoms with Crippen LogP contribution in [0.3, 0.4) is 0 Å². The molecule has 18 heavy (non-hydrogen) atoms. The summed E-state index contributed by atoms with van der Waals surface area (Å²) in [5.41, 5.74) is 0.903. The van der Waals surface area contributed by atoms with Crippen molar-refractivity contribution in [1.82, 2.24) is 4.90 Å². The van der Waals surface area contributed by atoms with Crippen molar-refractivity contribution in [3.8, 4) is 5.75 Å². The number of amides is 1. The molecule has 2 aliphatic rings. The molecular weight excluding hydrogens is 234 g/mol. The highest BCUT2D eigenvalue weighted by molar-refractivity contribution is 5.84. The van der Waals surface area contributed by atoms with Crippen LogP contribution >= 0.6 is 0 Å². The first kappa shape index (κ1) is 11.5. The molecule has 1 aromatic rings. The number of hydrogen-bond donors (Lipinski definition) is 1.